The second kappa shape index (κ2) is 6.62. The van der Waals surface area contributed by atoms with Gasteiger partial charge < -0.3 is 10.6 Å². The molecular weight excluding hydrogens is 368 g/mol. The van der Waals surface area contributed by atoms with Gasteiger partial charge in [0.05, 0.1) is 11.6 Å². The normalized spacial score (nSPS) is 15.3. The van der Waals surface area contributed by atoms with Crippen molar-refractivity contribution in [3.05, 3.63) is 100 Å². The number of amides is 2. The SMILES string of the molecule is O=C1NC(c2ccccc2)c2c(NC(=O)c3csc4ccccc34)cccc21. The van der Waals surface area contributed by atoms with Crippen molar-refractivity contribution in [1.82, 2.24) is 5.32 Å². The summed E-state index contributed by atoms with van der Waals surface area (Å²) in [6.07, 6.45) is 0. The van der Waals surface area contributed by atoms with Gasteiger partial charge in [-0.1, -0.05) is 54.6 Å². The van der Waals surface area contributed by atoms with Crippen molar-refractivity contribution in [2.24, 2.45) is 0 Å². The Bertz CT molecular complexity index is 1210. The zero-order valence-electron chi connectivity index (χ0n) is 14.8. The summed E-state index contributed by atoms with van der Waals surface area (Å²) in [6, 6.07) is 22.8. The van der Waals surface area contributed by atoms with Crippen molar-refractivity contribution in [1.29, 1.82) is 0 Å². The van der Waals surface area contributed by atoms with E-state index >= 15 is 0 Å². The van der Waals surface area contributed by atoms with Crippen molar-refractivity contribution in [3.8, 4) is 0 Å². The van der Waals surface area contributed by atoms with E-state index in [1.54, 1.807) is 23.5 Å². The summed E-state index contributed by atoms with van der Waals surface area (Å²) >= 11 is 1.55. The fourth-order valence-electron chi connectivity index (χ4n) is 3.70. The molecule has 1 atom stereocenters. The average molecular weight is 384 g/mol. The zero-order chi connectivity index (χ0) is 19.1. The Kier molecular flexibility index (Phi) is 3.95. The van der Waals surface area contributed by atoms with Crippen LogP contribution in [0.3, 0.4) is 0 Å². The molecule has 4 aromatic rings. The summed E-state index contributed by atoms with van der Waals surface area (Å²) in [5, 5.41) is 8.87. The van der Waals surface area contributed by atoms with Crippen LogP contribution in [-0.4, -0.2) is 11.8 Å². The first kappa shape index (κ1) is 16.7. The van der Waals surface area contributed by atoms with Gasteiger partial charge in [0.15, 0.2) is 0 Å². The predicted octanol–water partition coefficient (Wildman–Crippen LogP) is 4.99. The van der Waals surface area contributed by atoms with Crippen molar-refractivity contribution in [2.75, 3.05) is 5.32 Å². The van der Waals surface area contributed by atoms with Crippen molar-refractivity contribution in [3.63, 3.8) is 0 Å². The van der Waals surface area contributed by atoms with Gasteiger partial charge in [-0.2, -0.15) is 0 Å². The summed E-state index contributed by atoms with van der Waals surface area (Å²) in [5.41, 5.74) is 3.70. The lowest BCUT2D eigenvalue weighted by Crippen LogP contribution is -2.20. The molecule has 3 aromatic carbocycles. The molecule has 28 heavy (non-hydrogen) atoms. The Balaban J connectivity index is 1.55. The minimum atomic E-state index is -0.278. The molecule has 2 heterocycles. The van der Waals surface area contributed by atoms with Crippen molar-refractivity contribution < 1.29 is 9.59 Å². The Morgan fingerprint density at radius 1 is 0.929 bits per heavy atom. The molecule has 0 fully saturated rings. The first-order valence-electron chi connectivity index (χ1n) is 8.98. The molecule has 5 rings (SSSR count). The Morgan fingerprint density at radius 3 is 2.57 bits per heavy atom. The number of carbonyl (C=O) groups is 2. The number of hydrogen-bond donors (Lipinski definition) is 2. The summed E-state index contributed by atoms with van der Waals surface area (Å²) in [6.45, 7) is 0. The maximum absolute atomic E-state index is 13.0. The summed E-state index contributed by atoms with van der Waals surface area (Å²) in [7, 11) is 0. The summed E-state index contributed by atoms with van der Waals surface area (Å²) in [5.74, 6) is -0.294. The van der Waals surface area contributed by atoms with Crippen LogP contribution < -0.4 is 10.6 Å². The van der Waals surface area contributed by atoms with Gasteiger partial charge in [-0.05, 0) is 23.8 Å². The van der Waals surface area contributed by atoms with Gasteiger partial charge in [-0.25, -0.2) is 0 Å². The van der Waals surface area contributed by atoms with Crippen LogP contribution in [0.2, 0.25) is 0 Å². The molecule has 1 aliphatic heterocycles. The average Bonchev–Trinajstić information content (AvgIpc) is 3.31. The Morgan fingerprint density at radius 2 is 1.71 bits per heavy atom. The number of rotatable bonds is 3. The van der Waals surface area contributed by atoms with Gasteiger partial charge in [0, 0.05) is 32.3 Å². The standard InChI is InChI=1S/C23H16N2O2S/c26-22-16-10-6-11-18(20(16)21(25-22)14-7-2-1-3-8-14)24-23(27)17-13-28-19-12-5-4-9-15(17)19/h1-13,21H,(H,24,27)(H,25,26). The molecule has 0 saturated carbocycles. The van der Waals surface area contributed by atoms with Crippen LogP contribution in [0.5, 0.6) is 0 Å². The van der Waals surface area contributed by atoms with E-state index in [9.17, 15) is 9.59 Å². The van der Waals surface area contributed by atoms with E-state index in [1.807, 2.05) is 66.0 Å². The van der Waals surface area contributed by atoms with E-state index in [0.29, 0.717) is 16.8 Å². The van der Waals surface area contributed by atoms with Crippen LogP contribution in [0.15, 0.2) is 78.2 Å². The van der Waals surface area contributed by atoms with E-state index in [1.165, 1.54) is 0 Å². The van der Waals surface area contributed by atoms with E-state index in [4.69, 9.17) is 0 Å². The number of carbonyl (C=O) groups excluding carboxylic acids is 2. The summed E-state index contributed by atoms with van der Waals surface area (Å²) in [4.78, 5) is 25.5. The number of thiophene rings is 1. The topological polar surface area (TPSA) is 58.2 Å². The van der Waals surface area contributed by atoms with Crippen LogP contribution in [0.4, 0.5) is 5.69 Å². The lowest BCUT2D eigenvalue weighted by Gasteiger charge is -2.16. The molecule has 0 bridgehead atoms. The zero-order valence-corrected chi connectivity index (χ0v) is 15.6. The molecule has 0 saturated heterocycles. The Labute approximate surface area is 165 Å². The van der Waals surface area contributed by atoms with Crippen LogP contribution >= 0.6 is 11.3 Å². The smallest absolute Gasteiger partial charge is 0.257 e. The van der Waals surface area contributed by atoms with Gasteiger partial charge in [-0.3, -0.25) is 9.59 Å². The summed E-state index contributed by atoms with van der Waals surface area (Å²) < 4.78 is 1.07. The monoisotopic (exact) mass is 384 g/mol. The van der Waals surface area contributed by atoms with Crippen molar-refractivity contribution in [2.45, 2.75) is 6.04 Å². The fraction of sp³-hybridized carbons (Fsp3) is 0.0435. The minimum absolute atomic E-state index is 0.124. The molecule has 136 valence electrons. The minimum Gasteiger partial charge on any atom is -0.341 e. The molecule has 4 nitrogen and oxygen atoms in total. The maximum Gasteiger partial charge on any atom is 0.257 e. The van der Waals surface area contributed by atoms with E-state index in [0.717, 1.165) is 21.2 Å². The lowest BCUT2D eigenvalue weighted by atomic mass is 9.96. The van der Waals surface area contributed by atoms with Crippen LogP contribution in [0.25, 0.3) is 10.1 Å². The molecule has 1 unspecified atom stereocenters. The third-order valence-electron chi connectivity index (χ3n) is 5.02. The lowest BCUT2D eigenvalue weighted by molar-refractivity contribution is 0.0959. The van der Waals surface area contributed by atoms with Crippen LogP contribution in [0, 0.1) is 0 Å². The van der Waals surface area contributed by atoms with Crippen LogP contribution in [0.1, 0.15) is 37.9 Å². The highest BCUT2D eigenvalue weighted by Gasteiger charge is 2.32. The van der Waals surface area contributed by atoms with E-state index in [-0.39, 0.29) is 17.9 Å². The molecule has 2 amide bonds. The highest BCUT2D eigenvalue weighted by molar-refractivity contribution is 7.17. The van der Waals surface area contributed by atoms with Gasteiger partial charge in [0.25, 0.3) is 11.8 Å². The number of anilines is 1. The first-order valence-corrected chi connectivity index (χ1v) is 9.86. The largest absolute Gasteiger partial charge is 0.341 e. The second-order valence-corrected chi connectivity index (χ2v) is 7.59. The maximum atomic E-state index is 13.0. The van der Waals surface area contributed by atoms with E-state index < -0.39 is 0 Å². The molecular formula is C23H16N2O2S. The number of benzene rings is 3. The molecule has 0 spiro atoms. The Hall–Kier alpha value is -3.44. The van der Waals surface area contributed by atoms with E-state index in [2.05, 4.69) is 10.6 Å². The first-order chi connectivity index (χ1) is 13.7. The molecule has 0 aliphatic carbocycles. The highest BCUT2D eigenvalue weighted by atomic mass is 32.1. The number of nitrogens with one attached hydrogen (secondary N) is 2. The molecule has 2 N–H and O–H groups in total. The molecule has 0 radical (unpaired) electrons. The van der Waals surface area contributed by atoms with Gasteiger partial charge in [0.1, 0.15) is 0 Å². The predicted molar refractivity (Wildman–Crippen MR) is 112 cm³/mol. The van der Waals surface area contributed by atoms with Gasteiger partial charge in [0.2, 0.25) is 0 Å². The number of fused-ring (bicyclic) bond motifs is 2. The van der Waals surface area contributed by atoms with Gasteiger partial charge >= 0.3 is 0 Å². The molecule has 1 aliphatic rings. The molecule has 1 aromatic heterocycles. The molecule has 5 heteroatoms. The van der Waals surface area contributed by atoms with Crippen molar-refractivity contribution >= 4 is 38.9 Å². The second-order valence-electron chi connectivity index (χ2n) is 6.68. The number of hydrogen-bond acceptors (Lipinski definition) is 3. The third-order valence-corrected chi connectivity index (χ3v) is 5.99. The quantitative estimate of drug-likeness (QED) is 0.523. The van der Waals surface area contributed by atoms with Crippen LogP contribution in [-0.2, 0) is 0 Å². The van der Waals surface area contributed by atoms with Gasteiger partial charge in [-0.15, -0.1) is 11.3 Å². The fourth-order valence-corrected chi connectivity index (χ4v) is 4.64. The third kappa shape index (κ3) is 2.68. The highest BCUT2D eigenvalue weighted by Crippen LogP contribution is 2.37.